The van der Waals surface area contributed by atoms with Gasteiger partial charge in [0.05, 0.1) is 12.7 Å². The minimum atomic E-state index is -0.116. The van der Waals surface area contributed by atoms with Gasteiger partial charge in [0.25, 0.3) is 0 Å². The number of aromatic nitrogens is 2. The molecule has 1 aromatic heterocycles. The van der Waals surface area contributed by atoms with E-state index < -0.39 is 0 Å². The number of nitrogens with one attached hydrogen (secondary N) is 1. The van der Waals surface area contributed by atoms with Crippen LogP contribution in [-0.4, -0.2) is 57.7 Å². The number of carbonyl (C=O) groups is 2. The molecule has 0 aromatic carbocycles. The van der Waals surface area contributed by atoms with Gasteiger partial charge in [-0.25, -0.2) is 4.79 Å². The Morgan fingerprint density at radius 2 is 1.96 bits per heavy atom. The molecule has 2 rings (SSSR count). The first-order valence-electron chi connectivity index (χ1n) is 9.38. The van der Waals surface area contributed by atoms with Gasteiger partial charge in [-0.05, 0) is 19.3 Å². The Balaban J connectivity index is 1.76. The third kappa shape index (κ3) is 6.40. The van der Waals surface area contributed by atoms with Crippen molar-refractivity contribution in [1.29, 1.82) is 0 Å². The highest BCUT2D eigenvalue weighted by molar-refractivity contribution is 5.78. The van der Waals surface area contributed by atoms with Crippen molar-refractivity contribution >= 4 is 11.9 Å². The molecule has 0 bridgehead atoms. The zero-order valence-electron chi connectivity index (χ0n) is 15.5. The average Bonchev–Trinajstić information content (AvgIpc) is 2.84. The van der Waals surface area contributed by atoms with E-state index in [1.54, 1.807) is 15.8 Å². The summed E-state index contributed by atoms with van der Waals surface area (Å²) in [5.41, 5.74) is 1.01. The third-order valence-corrected chi connectivity index (χ3v) is 4.49. The minimum Gasteiger partial charge on any atom is -0.343 e. The molecule has 1 aromatic rings. The fourth-order valence-electron chi connectivity index (χ4n) is 3.16. The van der Waals surface area contributed by atoms with Gasteiger partial charge in [0.1, 0.15) is 0 Å². The van der Waals surface area contributed by atoms with E-state index in [2.05, 4.69) is 10.4 Å². The predicted molar refractivity (Wildman–Crippen MR) is 97.0 cm³/mol. The third-order valence-electron chi connectivity index (χ3n) is 4.49. The summed E-state index contributed by atoms with van der Waals surface area (Å²) >= 11 is 0. The minimum absolute atomic E-state index is 0.116. The Bertz CT molecular complexity index is 549. The van der Waals surface area contributed by atoms with Gasteiger partial charge < -0.3 is 15.1 Å². The Hall–Kier alpha value is -2.05. The first-order valence-corrected chi connectivity index (χ1v) is 9.38. The fourth-order valence-corrected chi connectivity index (χ4v) is 3.16. The van der Waals surface area contributed by atoms with Gasteiger partial charge in [0.2, 0.25) is 5.91 Å². The van der Waals surface area contributed by atoms with Crippen LogP contribution in [0.2, 0.25) is 0 Å². The van der Waals surface area contributed by atoms with Crippen LogP contribution in [0.15, 0.2) is 12.4 Å². The smallest absolute Gasteiger partial charge is 0.317 e. The van der Waals surface area contributed by atoms with Gasteiger partial charge in [-0.15, -0.1) is 0 Å². The summed E-state index contributed by atoms with van der Waals surface area (Å²) in [5, 5.41) is 7.03. The quantitative estimate of drug-likeness (QED) is 0.820. The lowest BCUT2D eigenvalue weighted by Gasteiger charge is -2.23. The second kappa shape index (κ2) is 10.1. The van der Waals surface area contributed by atoms with Crippen molar-refractivity contribution in [2.24, 2.45) is 7.05 Å². The van der Waals surface area contributed by atoms with Crippen LogP contribution in [0.4, 0.5) is 4.79 Å². The molecular weight excluding hydrogens is 318 g/mol. The van der Waals surface area contributed by atoms with E-state index >= 15 is 0 Å². The van der Waals surface area contributed by atoms with E-state index in [1.165, 1.54) is 12.8 Å². The summed E-state index contributed by atoms with van der Waals surface area (Å²) in [6.45, 7) is 5.37. The Kier molecular flexibility index (Phi) is 7.76. The molecule has 1 fully saturated rings. The molecule has 1 aliphatic heterocycles. The first-order chi connectivity index (χ1) is 12.1. The van der Waals surface area contributed by atoms with Gasteiger partial charge in [-0.2, -0.15) is 5.10 Å². The van der Waals surface area contributed by atoms with Crippen molar-refractivity contribution < 1.29 is 9.59 Å². The van der Waals surface area contributed by atoms with Gasteiger partial charge in [-0.3, -0.25) is 9.48 Å². The number of likely N-dealkylation sites (tertiary alicyclic amines) is 1. The molecule has 7 heteroatoms. The van der Waals surface area contributed by atoms with Crippen molar-refractivity contribution in [3.05, 3.63) is 18.0 Å². The highest BCUT2D eigenvalue weighted by Crippen LogP contribution is 2.10. The lowest BCUT2D eigenvalue weighted by Crippen LogP contribution is -2.42. The van der Waals surface area contributed by atoms with Gasteiger partial charge >= 0.3 is 6.03 Å². The second-order valence-electron chi connectivity index (χ2n) is 6.72. The zero-order valence-corrected chi connectivity index (χ0v) is 15.5. The molecule has 0 aliphatic carbocycles. The topological polar surface area (TPSA) is 70.5 Å². The molecule has 1 aliphatic rings. The average molecular weight is 349 g/mol. The molecule has 7 nitrogen and oxygen atoms in total. The van der Waals surface area contributed by atoms with Crippen LogP contribution in [0.5, 0.6) is 0 Å². The van der Waals surface area contributed by atoms with E-state index in [9.17, 15) is 9.59 Å². The van der Waals surface area contributed by atoms with Gasteiger partial charge in [0, 0.05) is 51.4 Å². The SMILES string of the molecule is CCCN(Cc1cnn(C)c1)C(=O)NCCC(=O)N1CCCCCC1. The van der Waals surface area contributed by atoms with Crippen molar-refractivity contribution in [2.45, 2.75) is 52.0 Å². The summed E-state index contributed by atoms with van der Waals surface area (Å²) in [7, 11) is 1.86. The summed E-state index contributed by atoms with van der Waals surface area (Å²) < 4.78 is 1.73. The summed E-state index contributed by atoms with van der Waals surface area (Å²) in [6, 6.07) is -0.116. The van der Waals surface area contributed by atoms with Crippen LogP contribution in [0.1, 0.15) is 51.0 Å². The van der Waals surface area contributed by atoms with Gasteiger partial charge in [0.15, 0.2) is 0 Å². The highest BCUT2D eigenvalue weighted by atomic mass is 16.2. The summed E-state index contributed by atoms with van der Waals surface area (Å²) in [5.74, 6) is 0.150. The molecule has 1 N–H and O–H groups in total. The molecule has 0 spiro atoms. The number of aryl methyl sites for hydroxylation is 1. The monoisotopic (exact) mass is 349 g/mol. The van der Waals surface area contributed by atoms with Crippen LogP contribution >= 0.6 is 0 Å². The van der Waals surface area contributed by atoms with Crippen molar-refractivity contribution in [3.63, 3.8) is 0 Å². The maximum Gasteiger partial charge on any atom is 0.317 e. The molecule has 140 valence electrons. The lowest BCUT2D eigenvalue weighted by molar-refractivity contribution is -0.131. The molecule has 3 amide bonds. The Labute approximate surface area is 150 Å². The van der Waals surface area contributed by atoms with Crippen LogP contribution in [0.25, 0.3) is 0 Å². The van der Waals surface area contributed by atoms with Crippen LogP contribution in [0.3, 0.4) is 0 Å². The van der Waals surface area contributed by atoms with Crippen LogP contribution < -0.4 is 5.32 Å². The van der Waals surface area contributed by atoms with E-state index in [-0.39, 0.29) is 11.9 Å². The number of hydrogen-bond acceptors (Lipinski definition) is 3. The van der Waals surface area contributed by atoms with Crippen LogP contribution in [0, 0.1) is 0 Å². The number of nitrogens with zero attached hydrogens (tertiary/aromatic N) is 4. The molecule has 1 saturated heterocycles. The Morgan fingerprint density at radius 3 is 2.56 bits per heavy atom. The second-order valence-corrected chi connectivity index (χ2v) is 6.72. The first kappa shape index (κ1) is 19.3. The molecule has 0 radical (unpaired) electrons. The standard InChI is InChI=1S/C18H31N5O2/c1-3-10-23(15-16-13-20-21(2)14-16)18(25)19-9-8-17(24)22-11-6-4-5-7-12-22/h13-14H,3-12,15H2,1-2H3,(H,19,25). The molecule has 0 unspecified atom stereocenters. The van der Waals surface area contributed by atoms with E-state index in [1.807, 2.05) is 25.1 Å². The van der Waals surface area contributed by atoms with E-state index in [0.29, 0.717) is 26.1 Å². The lowest BCUT2D eigenvalue weighted by atomic mass is 10.2. The van der Waals surface area contributed by atoms with E-state index in [4.69, 9.17) is 0 Å². The van der Waals surface area contributed by atoms with Gasteiger partial charge in [-0.1, -0.05) is 19.8 Å². The maximum absolute atomic E-state index is 12.4. The molecule has 0 atom stereocenters. The zero-order chi connectivity index (χ0) is 18.1. The number of hydrogen-bond donors (Lipinski definition) is 1. The molecular formula is C18H31N5O2. The summed E-state index contributed by atoms with van der Waals surface area (Å²) in [4.78, 5) is 28.4. The fraction of sp³-hybridized carbons (Fsp3) is 0.722. The maximum atomic E-state index is 12.4. The molecule has 0 saturated carbocycles. The Morgan fingerprint density at radius 1 is 1.24 bits per heavy atom. The largest absolute Gasteiger partial charge is 0.343 e. The number of urea groups is 1. The predicted octanol–water partition coefficient (Wildman–Crippen LogP) is 2.13. The van der Waals surface area contributed by atoms with Crippen LogP contribution in [-0.2, 0) is 18.4 Å². The normalized spacial score (nSPS) is 14.9. The van der Waals surface area contributed by atoms with Crippen molar-refractivity contribution in [1.82, 2.24) is 24.9 Å². The summed E-state index contributed by atoms with van der Waals surface area (Å²) in [6.07, 6.45) is 9.55. The number of carbonyl (C=O) groups excluding carboxylic acids is 2. The van der Waals surface area contributed by atoms with Crippen molar-refractivity contribution in [2.75, 3.05) is 26.2 Å². The van der Waals surface area contributed by atoms with Crippen molar-refractivity contribution in [3.8, 4) is 0 Å². The highest BCUT2D eigenvalue weighted by Gasteiger charge is 2.17. The van der Waals surface area contributed by atoms with E-state index in [0.717, 1.165) is 37.9 Å². The number of rotatable bonds is 7. The number of amides is 3. The molecule has 25 heavy (non-hydrogen) atoms. The molecule has 2 heterocycles.